The summed E-state index contributed by atoms with van der Waals surface area (Å²) in [5.74, 6) is -1.24. The van der Waals surface area contributed by atoms with Gasteiger partial charge in [-0.15, -0.1) is 0 Å². The number of hydrogen-bond donors (Lipinski definition) is 2. The van der Waals surface area contributed by atoms with Crippen LogP contribution in [0.25, 0.3) is 11.3 Å². The topological polar surface area (TPSA) is 130 Å². The smallest absolute Gasteiger partial charge is 0.360 e. The summed E-state index contributed by atoms with van der Waals surface area (Å²) in [6, 6.07) is 7.84. The SMILES string of the molecule is Cc1onc(-c2ccccc2)c1C(=O)NC1CN(S(=O)(=O)O)C1=O. The Morgan fingerprint density at radius 2 is 2.04 bits per heavy atom. The van der Waals surface area contributed by atoms with Gasteiger partial charge in [-0.25, -0.2) is 4.31 Å². The molecule has 2 heterocycles. The highest BCUT2D eigenvalue weighted by molar-refractivity contribution is 7.84. The molecule has 1 fully saturated rings. The van der Waals surface area contributed by atoms with E-state index in [0.717, 1.165) is 0 Å². The molecule has 1 saturated heterocycles. The monoisotopic (exact) mass is 351 g/mol. The summed E-state index contributed by atoms with van der Waals surface area (Å²) in [4.78, 5) is 24.1. The fourth-order valence-corrected chi connectivity index (χ4v) is 3.07. The van der Waals surface area contributed by atoms with Gasteiger partial charge in [-0.3, -0.25) is 14.1 Å². The molecule has 2 aromatic rings. The highest BCUT2D eigenvalue weighted by Crippen LogP contribution is 2.25. The van der Waals surface area contributed by atoms with E-state index in [4.69, 9.17) is 9.08 Å². The van der Waals surface area contributed by atoms with Crippen molar-refractivity contribution in [2.24, 2.45) is 0 Å². The van der Waals surface area contributed by atoms with Gasteiger partial charge >= 0.3 is 10.3 Å². The van der Waals surface area contributed by atoms with Crippen LogP contribution in [-0.2, 0) is 15.1 Å². The van der Waals surface area contributed by atoms with Crippen molar-refractivity contribution < 1.29 is 27.1 Å². The maximum atomic E-state index is 12.4. The molecule has 24 heavy (non-hydrogen) atoms. The molecule has 1 aromatic heterocycles. The number of carbonyl (C=O) groups excluding carboxylic acids is 2. The number of rotatable bonds is 4. The Balaban J connectivity index is 1.80. The second kappa shape index (κ2) is 5.73. The van der Waals surface area contributed by atoms with Crippen molar-refractivity contribution in [2.75, 3.05) is 6.54 Å². The van der Waals surface area contributed by atoms with Gasteiger partial charge in [0.15, 0.2) is 0 Å². The van der Waals surface area contributed by atoms with E-state index in [-0.39, 0.29) is 22.2 Å². The molecule has 9 nitrogen and oxygen atoms in total. The number of amides is 2. The molecule has 0 aliphatic carbocycles. The number of aromatic nitrogens is 1. The predicted molar refractivity (Wildman–Crippen MR) is 81.2 cm³/mol. The summed E-state index contributed by atoms with van der Waals surface area (Å²) in [6.45, 7) is 1.23. The zero-order valence-corrected chi connectivity index (χ0v) is 13.3. The van der Waals surface area contributed by atoms with E-state index in [1.807, 2.05) is 6.07 Å². The van der Waals surface area contributed by atoms with Gasteiger partial charge in [0.2, 0.25) is 0 Å². The van der Waals surface area contributed by atoms with Crippen molar-refractivity contribution in [1.29, 1.82) is 0 Å². The Morgan fingerprint density at radius 3 is 2.62 bits per heavy atom. The lowest BCUT2D eigenvalue weighted by Gasteiger charge is -2.35. The fraction of sp³-hybridized carbons (Fsp3) is 0.214. The summed E-state index contributed by atoms with van der Waals surface area (Å²) in [6.07, 6.45) is 0. The van der Waals surface area contributed by atoms with Crippen molar-refractivity contribution in [3.63, 3.8) is 0 Å². The van der Waals surface area contributed by atoms with Crippen molar-refractivity contribution in [3.8, 4) is 11.3 Å². The maximum Gasteiger partial charge on any atom is 0.362 e. The summed E-state index contributed by atoms with van der Waals surface area (Å²) in [5.41, 5.74) is 1.15. The second-order valence-electron chi connectivity index (χ2n) is 5.20. The number of β-lactam (4-membered cyclic amide) rings is 1. The molecular weight excluding hydrogens is 338 g/mol. The molecule has 0 spiro atoms. The van der Waals surface area contributed by atoms with Crippen LogP contribution in [0.1, 0.15) is 16.1 Å². The quantitative estimate of drug-likeness (QED) is 0.602. The molecule has 0 saturated carbocycles. The molecule has 1 aromatic carbocycles. The normalized spacial score (nSPS) is 17.5. The third-order valence-corrected chi connectivity index (χ3v) is 4.50. The largest absolute Gasteiger partial charge is 0.362 e. The van der Waals surface area contributed by atoms with Gasteiger partial charge in [0.1, 0.15) is 23.1 Å². The fourth-order valence-electron chi connectivity index (χ4n) is 2.37. The molecule has 10 heteroatoms. The zero-order valence-electron chi connectivity index (χ0n) is 12.5. The van der Waals surface area contributed by atoms with Crippen LogP contribution in [0, 0.1) is 6.92 Å². The van der Waals surface area contributed by atoms with E-state index >= 15 is 0 Å². The van der Waals surface area contributed by atoms with Crippen molar-refractivity contribution in [1.82, 2.24) is 14.8 Å². The van der Waals surface area contributed by atoms with Crippen molar-refractivity contribution in [2.45, 2.75) is 13.0 Å². The lowest BCUT2D eigenvalue weighted by Crippen LogP contribution is -2.65. The third kappa shape index (κ3) is 2.76. The predicted octanol–water partition coefficient (Wildman–Crippen LogP) is 0.393. The Hall–Kier alpha value is -2.72. The summed E-state index contributed by atoms with van der Waals surface area (Å²) in [5, 5.41) is 6.28. The average molecular weight is 351 g/mol. The van der Waals surface area contributed by atoms with Crippen LogP contribution in [-0.4, -0.2) is 46.8 Å². The minimum Gasteiger partial charge on any atom is -0.360 e. The van der Waals surface area contributed by atoms with Gasteiger partial charge in [0, 0.05) is 5.56 Å². The first kappa shape index (κ1) is 16.1. The Bertz CT molecular complexity index is 906. The van der Waals surface area contributed by atoms with Gasteiger partial charge in [-0.05, 0) is 6.92 Å². The Morgan fingerprint density at radius 1 is 1.38 bits per heavy atom. The zero-order chi connectivity index (χ0) is 17.5. The average Bonchev–Trinajstić information content (AvgIpc) is 2.92. The van der Waals surface area contributed by atoms with Crippen LogP contribution >= 0.6 is 0 Å². The standard InChI is InChI=1S/C14H13N3O6S/c1-8-11(12(16-23-8)9-5-3-2-4-6-9)13(18)15-10-7-17(14(10)19)24(20,21)22/h2-6,10H,7H2,1H3,(H,15,18)(H,20,21,22). The molecule has 1 atom stereocenters. The van der Waals surface area contributed by atoms with Gasteiger partial charge in [0.25, 0.3) is 11.8 Å². The summed E-state index contributed by atoms with van der Waals surface area (Å²) >= 11 is 0. The first-order chi connectivity index (χ1) is 11.3. The highest BCUT2D eigenvalue weighted by Gasteiger charge is 2.44. The van der Waals surface area contributed by atoms with Crippen LogP contribution in [0.3, 0.4) is 0 Å². The summed E-state index contributed by atoms with van der Waals surface area (Å²) in [7, 11) is -4.60. The van der Waals surface area contributed by atoms with Gasteiger partial charge in [0.05, 0.1) is 6.54 Å². The van der Waals surface area contributed by atoms with Crippen LogP contribution < -0.4 is 5.32 Å². The molecule has 0 bridgehead atoms. The lowest BCUT2D eigenvalue weighted by atomic mass is 10.0. The molecule has 2 N–H and O–H groups in total. The second-order valence-corrected chi connectivity index (χ2v) is 6.54. The van der Waals surface area contributed by atoms with Crippen LogP contribution in [0.4, 0.5) is 0 Å². The van der Waals surface area contributed by atoms with E-state index in [2.05, 4.69) is 10.5 Å². The first-order valence-corrected chi connectivity index (χ1v) is 8.30. The van der Waals surface area contributed by atoms with Gasteiger partial charge in [-0.2, -0.15) is 8.42 Å². The van der Waals surface area contributed by atoms with Crippen LogP contribution in [0.2, 0.25) is 0 Å². The number of hydrogen-bond acceptors (Lipinski definition) is 6. The van der Waals surface area contributed by atoms with Gasteiger partial charge < -0.3 is 9.84 Å². The molecule has 1 unspecified atom stereocenters. The molecule has 1 aliphatic heterocycles. The van der Waals surface area contributed by atoms with E-state index < -0.39 is 28.2 Å². The molecular formula is C14H13N3O6S. The lowest BCUT2D eigenvalue weighted by molar-refractivity contribution is -0.136. The van der Waals surface area contributed by atoms with Gasteiger partial charge in [-0.1, -0.05) is 35.5 Å². The molecule has 0 radical (unpaired) electrons. The number of aryl methyl sites for hydroxylation is 1. The van der Waals surface area contributed by atoms with Crippen LogP contribution in [0.15, 0.2) is 34.9 Å². The maximum absolute atomic E-state index is 12.4. The molecule has 3 rings (SSSR count). The van der Waals surface area contributed by atoms with E-state index in [0.29, 0.717) is 11.3 Å². The van der Waals surface area contributed by atoms with E-state index in [1.54, 1.807) is 31.2 Å². The minimum atomic E-state index is -4.60. The Labute approximate surface area is 137 Å². The number of benzene rings is 1. The first-order valence-electron chi connectivity index (χ1n) is 6.90. The summed E-state index contributed by atoms with van der Waals surface area (Å²) < 4.78 is 36.0. The molecule has 1 aliphatic rings. The van der Waals surface area contributed by atoms with E-state index in [1.165, 1.54) is 0 Å². The number of nitrogens with one attached hydrogen (secondary N) is 1. The number of nitrogens with zero attached hydrogens (tertiary/aromatic N) is 2. The van der Waals surface area contributed by atoms with Crippen LogP contribution in [0.5, 0.6) is 0 Å². The van der Waals surface area contributed by atoms with E-state index in [9.17, 15) is 18.0 Å². The third-order valence-electron chi connectivity index (χ3n) is 3.61. The minimum absolute atomic E-state index is 0.166. The number of carbonyl (C=O) groups is 2. The van der Waals surface area contributed by atoms with Crippen molar-refractivity contribution >= 4 is 22.1 Å². The molecule has 2 amide bonds. The Kier molecular flexibility index (Phi) is 3.85. The highest BCUT2D eigenvalue weighted by atomic mass is 32.2. The molecule has 126 valence electrons. The van der Waals surface area contributed by atoms with Crippen molar-refractivity contribution in [3.05, 3.63) is 41.7 Å².